The van der Waals surface area contributed by atoms with Crippen LogP contribution in [0.15, 0.2) is 30.3 Å². The molecule has 31 heavy (non-hydrogen) atoms. The molecule has 2 aliphatic heterocycles. The van der Waals surface area contributed by atoms with Gasteiger partial charge in [-0.1, -0.05) is 18.2 Å². The maximum Gasteiger partial charge on any atom is 0.227 e. The SMILES string of the molecule is Cc1cc(N2CCN(C)CC2)nc(N2CCN(S(=O)(=O)Cc3ccccc3F)CC2)n1. The van der Waals surface area contributed by atoms with Crippen LogP contribution in [0.3, 0.4) is 0 Å². The number of aromatic nitrogens is 2. The van der Waals surface area contributed by atoms with Crippen molar-refractivity contribution in [1.29, 1.82) is 0 Å². The van der Waals surface area contributed by atoms with Gasteiger partial charge in [-0.3, -0.25) is 0 Å². The van der Waals surface area contributed by atoms with Crippen LogP contribution in [-0.2, 0) is 15.8 Å². The lowest BCUT2D eigenvalue weighted by molar-refractivity contribution is 0.312. The lowest BCUT2D eigenvalue weighted by atomic mass is 10.2. The van der Waals surface area contributed by atoms with Gasteiger partial charge < -0.3 is 14.7 Å². The molecule has 8 nitrogen and oxygen atoms in total. The molecule has 168 valence electrons. The van der Waals surface area contributed by atoms with Gasteiger partial charge in [0.1, 0.15) is 11.6 Å². The van der Waals surface area contributed by atoms with Crippen LogP contribution in [0.4, 0.5) is 16.2 Å². The fourth-order valence-electron chi connectivity index (χ4n) is 3.95. The molecule has 0 N–H and O–H groups in total. The van der Waals surface area contributed by atoms with Gasteiger partial charge >= 0.3 is 0 Å². The first-order chi connectivity index (χ1) is 14.8. The Morgan fingerprint density at radius 3 is 2.26 bits per heavy atom. The topological polar surface area (TPSA) is 72.9 Å². The molecule has 0 aliphatic carbocycles. The second-order valence-corrected chi connectivity index (χ2v) is 10.2. The number of piperazine rings is 2. The second-order valence-electron chi connectivity index (χ2n) is 8.19. The fraction of sp³-hybridized carbons (Fsp3) is 0.524. The molecule has 1 aromatic heterocycles. The van der Waals surface area contributed by atoms with E-state index < -0.39 is 15.8 Å². The Morgan fingerprint density at radius 2 is 1.58 bits per heavy atom. The first kappa shape index (κ1) is 21.9. The average molecular weight is 449 g/mol. The number of anilines is 2. The lowest BCUT2D eigenvalue weighted by Crippen LogP contribution is -2.49. The predicted octanol–water partition coefficient (Wildman–Crippen LogP) is 1.33. The van der Waals surface area contributed by atoms with E-state index in [-0.39, 0.29) is 11.3 Å². The van der Waals surface area contributed by atoms with Gasteiger partial charge in [-0.15, -0.1) is 0 Å². The highest BCUT2D eigenvalue weighted by atomic mass is 32.2. The maximum absolute atomic E-state index is 13.9. The van der Waals surface area contributed by atoms with Crippen molar-refractivity contribution < 1.29 is 12.8 Å². The van der Waals surface area contributed by atoms with Crippen LogP contribution in [0.5, 0.6) is 0 Å². The highest BCUT2D eigenvalue weighted by Crippen LogP contribution is 2.21. The molecule has 4 rings (SSSR count). The summed E-state index contributed by atoms with van der Waals surface area (Å²) in [7, 11) is -1.47. The Balaban J connectivity index is 1.42. The van der Waals surface area contributed by atoms with Crippen molar-refractivity contribution >= 4 is 21.8 Å². The standard InChI is InChI=1S/C21H29FN6O2S/c1-17-15-20(26-9-7-25(2)8-10-26)24-21(23-17)27-11-13-28(14-12-27)31(29,30)16-18-5-3-4-6-19(18)22/h3-6,15H,7-14,16H2,1-2H3. The van der Waals surface area contributed by atoms with E-state index in [2.05, 4.69) is 21.8 Å². The zero-order chi connectivity index (χ0) is 22.0. The minimum absolute atomic E-state index is 0.198. The third-order valence-corrected chi connectivity index (χ3v) is 7.69. The van der Waals surface area contributed by atoms with Crippen LogP contribution in [0, 0.1) is 12.7 Å². The van der Waals surface area contributed by atoms with Gasteiger partial charge in [0.05, 0.1) is 5.75 Å². The minimum Gasteiger partial charge on any atom is -0.354 e. The fourth-order valence-corrected chi connectivity index (χ4v) is 5.47. The van der Waals surface area contributed by atoms with Crippen LogP contribution in [0.1, 0.15) is 11.3 Å². The van der Waals surface area contributed by atoms with Gasteiger partial charge in [-0.2, -0.15) is 9.29 Å². The summed E-state index contributed by atoms with van der Waals surface area (Å²) in [6, 6.07) is 8.02. The number of sulfonamides is 1. The third-order valence-electron chi connectivity index (χ3n) is 5.87. The Morgan fingerprint density at radius 1 is 0.935 bits per heavy atom. The number of likely N-dealkylation sites (N-methyl/N-ethyl adjacent to an activating group) is 1. The molecule has 0 bridgehead atoms. The first-order valence-corrected chi connectivity index (χ1v) is 12.2. The maximum atomic E-state index is 13.9. The molecule has 1 aromatic carbocycles. The zero-order valence-electron chi connectivity index (χ0n) is 18.0. The summed E-state index contributed by atoms with van der Waals surface area (Å²) in [5.74, 6) is 0.744. The summed E-state index contributed by atoms with van der Waals surface area (Å²) in [5.41, 5.74) is 1.09. The van der Waals surface area contributed by atoms with E-state index in [4.69, 9.17) is 4.98 Å². The van der Waals surface area contributed by atoms with Crippen molar-refractivity contribution in [1.82, 2.24) is 19.2 Å². The summed E-state index contributed by atoms with van der Waals surface area (Å²) in [4.78, 5) is 16.0. The Kier molecular flexibility index (Phi) is 6.40. The van der Waals surface area contributed by atoms with Crippen molar-refractivity contribution in [3.8, 4) is 0 Å². The van der Waals surface area contributed by atoms with Crippen molar-refractivity contribution in [3.63, 3.8) is 0 Å². The van der Waals surface area contributed by atoms with E-state index >= 15 is 0 Å². The molecular formula is C21H29FN6O2S. The largest absolute Gasteiger partial charge is 0.354 e. The third kappa shape index (κ3) is 5.13. The molecule has 2 aromatic rings. The Hall–Kier alpha value is -2.30. The summed E-state index contributed by atoms with van der Waals surface area (Å²) >= 11 is 0. The summed E-state index contributed by atoms with van der Waals surface area (Å²) in [5, 5.41) is 0. The van der Waals surface area contributed by atoms with E-state index in [0.717, 1.165) is 37.7 Å². The van der Waals surface area contributed by atoms with Crippen LogP contribution in [0.25, 0.3) is 0 Å². The monoisotopic (exact) mass is 448 g/mol. The molecule has 3 heterocycles. The molecule has 0 atom stereocenters. The van der Waals surface area contributed by atoms with E-state index in [1.54, 1.807) is 12.1 Å². The van der Waals surface area contributed by atoms with Crippen molar-refractivity contribution in [2.45, 2.75) is 12.7 Å². The molecule has 0 radical (unpaired) electrons. The number of aryl methyl sites for hydroxylation is 1. The van der Waals surface area contributed by atoms with E-state index in [1.807, 2.05) is 17.9 Å². The van der Waals surface area contributed by atoms with Crippen molar-refractivity contribution in [2.75, 3.05) is 69.2 Å². The Bertz CT molecular complexity index is 1020. The molecule has 2 saturated heterocycles. The van der Waals surface area contributed by atoms with Crippen molar-refractivity contribution in [2.24, 2.45) is 0 Å². The normalized spacial score (nSPS) is 19.1. The van der Waals surface area contributed by atoms with Gasteiger partial charge in [-0.05, 0) is 20.0 Å². The zero-order valence-corrected chi connectivity index (χ0v) is 18.9. The van der Waals surface area contributed by atoms with E-state index in [0.29, 0.717) is 32.1 Å². The first-order valence-electron chi connectivity index (χ1n) is 10.6. The molecular weight excluding hydrogens is 419 g/mol. The molecule has 0 saturated carbocycles. The predicted molar refractivity (Wildman–Crippen MR) is 119 cm³/mol. The number of nitrogens with zero attached hydrogens (tertiary/aromatic N) is 6. The van der Waals surface area contributed by atoms with E-state index in [1.165, 1.54) is 16.4 Å². The quantitative estimate of drug-likeness (QED) is 0.683. The van der Waals surface area contributed by atoms with E-state index in [9.17, 15) is 12.8 Å². The number of hydrogen-bond acceptors (Lipinski definition) is 7. The summed E-state index contributed by atoms with van der Waals surface area (Å²) < 4.78 is 40.9. The van der Waals surface area contributed by atoms with Gasteiger partial charge in [0.15, 0.2) is 0 Å². The van der Waals surface area contributed by atoms with Gasteiger partial charge in [0, 0.05) is 69.7 Å². The molecule has 0 unspecified atom stereocenters. The molecule has 2 aliphatic rings. The summed E-state index contributed by atoms with van der Waals surface area (Å²) in [6.45, 7) is 7.47. The van der Waals surface area contributed by atoms with Crippen LogP contribution < -0.4 is 9.80 Å². The molecule has 2 fully saturated rings. The van der Waals surface area contributed by atoms with Crippen LogP contribution >= 0.6 is 0 Å². The highest BCUT2D eigenvalue weighted by Gasteiger charge is 2.29. The van der Waals surface area contributed by atoms with Gasteiger partial charge in [-0.25, -0.2) is 17.8 Å². The molecule has 0 amide bonds. The number of benzene rings is 1. The van der Waals surface area contributed by atoms with Gasteiger partial charge in [0.25, 0.3) is 0 Å². The Labute approximate surface area is 183 Å². The lowest BCUT2D eigenvalue weighted by Gasteiger charge is -2.36. The number of halogens is 1. The second kappa shape index (κ2) is 9.05. The molecule has 0 spiro atoms. The average Bonchev–Trinajstić information content (AvgIpc) is 2.75. The van der Waals surface area contributed by atoms with Crippen LogP contribution in [-0.4, -0.2) is 87.0 Å². The number of rotatable bonds is 5. The smallest absolute Gasteiger partial charge is 0.227 e. The van der Waals surface area contributed by atoms with Crippen molar-refractivity contribution in [3.05, 3.63) is 47.4 Å². The van der Waals surface area contributed by atoms with Crippen LogP contribution in [0.2, 0.25) is 0 Å². The molecule has 10 heteroatoms. The highest BCUT2D eigenvalue weighted by molar-refractivity contribution is 7.88. The summed E-state index contributed by atoms with van der Waals surface area (Å²) in [6.07, 6.45) is 0. The number of hydrogen-bond donors (Lipinski definition) is 0. The minimum atomic E-state index is -3.59. The van der Waals surface area contributed by atoms with Gasteiger partial charge in [0.2, 0.25) is 16.0 Å².